The van der Waals surface area contributed by atoms with E-state index in [1.165, 1.54) is 0 Å². The van der Waals surface area contributed by atoms with Crippen molar-refractivity contribution in [2.45, 2.75) is 27.2 Å². The highest BCUT2D eigenvalue weighted by atomic mass is 16.5. The van der Waals surface area contributed by atoms with Gasteiger partial charge in [0.25, 0.3) is 0 Å². The Bertz CT molecular complexity index is 374. The molecule has 0 aliphatic carbocycles. The van der Waals surface area contributed by atoms with Crippen molar-refractivity contribution in [3.63, 3.8) is 0 Å². The van der Waals surface area contributed by atoms with Crippen LogP contribution in [0.3, 0.4) is 0 Å². The molecule has 17 heavy (non-hydrogen) atoms. The largest absolute Gasteiger partial charge is 0.493 e. The zero-order chi connectivity index (χ0) is 12.8. The van der Waals surface area contributed by atoms with E-state index < -0.39 is 0 Å². The molecule has 0 aromatic heterocycles. The molecule has 3 heteroatoms. The second-order valence-corrected chi connectivity index (χ2v) is 4.96. The predicted octanol–water partition coefficient (Wildman–Crippen LogP) is 3.03. The van der Waals surface area contributed by atoms with Crippen LogP contribution in [0, 0.1) is 17.2 Å². The topological polar surface area (TPSA) is 59.1 Å². The molecule has 0 heterocycles. The van der Waals surface area contributed by atoms with Crippen molar-refractivity contribution in [1.29, 1.82) is 5.41 Å². The van der Waals surface area contributed by atoms with Crippen LogP contribution in [0.15, 0.2) is 24.3 Å². The van der Waals surface area contributed by atoms with Gasteiger partial charge in [-0.1, -0.05) is 32.9 Å². The van der Waals surface area contributed by atoms with E-state index in [2.05, 4.69) is 20.8 Å². The highest BCUT2D eigenvalue weighted by Gasteiger charge is 2.09. The highest BCUT2D eigenvalue weighted by Crippen LogP contribution is 2.19. The molecule has 0 saturated heterocycles. The van der Waals surface area contributed by atoms with Gasteiger partial charge in [-0.3, -0.25) is 5.41 Å². The second kappa shape index (κ2) is 6.28. The Hall–Kier alpha value is -1.51. The SMILES string of the molecule is CC(C)CC(C)COc1ccccc1C(=N)N. The third-order valence-corrected chi connectivity index (χ3v) is 2.57. The summed E-state index contributed by atoms with van der Waals surface area (Å²) < 4.78 is 5.74. The fraction of sp³-hybridized carbons (Fsp3) is 0.500. The summed E-state index contributed by atoms with van der Waals surface area (Å²) in [6, 6.07) is 7.43. The minimum absolute atomic E-state index is 0.0529. The molecule has 0 saturated carbocycles. The molecule has 0 radical (unpaired) electrons. The molecule has 3 nitrogen and oxygen atoms in total. The Morgan fingerprint density at radius 1 is 1.29 bits per heavy atom. The molecule has 0 aliphatic rings. The molecular formula is C14H22N2O. The Labute approximate surface area is 103 Å². The van der Waals surface area contributed by atoms with Crippen molar-refractivity contribution in [3.05, 3.63) is 29.8 Å². The zero-order valence-electron chi connectivity index (χ0n) is 10.9. The summed E-state index contributed by atoms with van der Waals surface area (Å²) in [7, 11) is 0. The average molecular weight is 234 g/mol. The van der Waals surface area contributed by atoms with E-state index in [0.29, 0.717) is 29.8 Å². The lowest BCUT2D eigenvalue weighted by molar-refractivity contribution is 0.238. The molecule has 0 spiro atoms. The summed E-state index contributed by atoms with van der Waals surface area (Å²) in [5, 5.41) is 7.47. The molecule has 0 bridgehead atoms. The van der Waals surface area contributed by atoms with Gasteiger partial charge >= 0.3 is 0 Å². The van der Waals surface area contributed by atoms with Crippen LogP contribution in [0.2, 0.25) is 0 Å². The second-order valence-electron chi connectivity index (χ2n) is 4.96. The zero-order valence-corrected chi connectivity index (χ0v) is 10.9. The van der Waals surface area contributed by atoms with E-state index in [-0.39, 0.29) is 5.84 Å². The van der Waals surface area contributed by atoms with Crippen molar-refractivity contribution in [2.75, 3.05) is 6.61 Å². The van der Waals surface area contributed by atoms with Crippen molar-refractivity contribution in [1.82, 2.24) is 0 Å². The summed E-state index contributed by atoms with van der Waals surface area (Å²) in [5.74, 6) is 1.94. The third-order valence-electron chi connectivity index (χ3n) is 2.57. The molecule has 0 fully saturated rings. The van der Waals surface area contributed by atoms with E-state index in [0.717, 1.165) is 6.42 Å². The number of nitrogens with two attached hydrogens (primary N) is 1. The maximum atomic E-state index is 7.47. The first kappa shape index (κ1) is 13.6. The molecule has 1 aromatic carbocycles. The van der Waals surface area contributed by atoms with Gasteiger partial charge in [-0.05, 0) is 30.4 Å². The van der Waals surface area contributed by atoms with Crippen LogP contribution < -0.4 is 10.5 Å². The van der Waals surface area contributed by atoms with E-state index >= 15 is 0 Å². The molecule has 1 atom stereocenters. The van der Waals surface area contributed by atoms with Crippen molar-refractivity contribution < 1.29 is 4.74 Å². The molecule has 1 unspecified atom stereocenters. The Morgan fingerprint density at radius 3 is 2.53 bits per heavy atom. The molecule has 1 rings (SSSR count). The summed E-state index contributed by atoms with van der Waals surface area (Å²) in [6.45, 7) is 7.26. The summed E-state index contributed by atoms with van der Waals surface area (Å²) in [5.41, 5.74) is 6.18. The monoisotopic (exact) mass is 234 g/mol. The molecule has 0 amide bonds. The van der Waals surface area contributed by atoms with Gasteiger partial charge in [0.2, 0.25) is 0 Å². The van der Waals surface area contributed by atoms with E-state index in [4.69, 9.17) is 15.9 Å². The highest BCUT2D eigenvalue weighted by molar-refractivity contribution is 5.97. The minimum Gasteiger partial charge on any atom is -0.493 e. The fourth-order valence-electron chi connectivity index (χ4n) is 1.92. The van der Waals surface area contributed by atoms with Crippen LogP contribution in [0.1, 0.15) is 32.8 Å². The van der Waals surface area contributed by atoms with Crippen molar-refractivity contribution in [2.24, 2.45) is 17.6 Å². The number of hydrogen-bond donors (Lipinski definition) is 2. The van der Waals surface area contributed by atoms with E-state index in [1.807, 2.05) is 24.3 Å². The number of ether oxygens (including phenoxy) is 1. The van der Waals surface area contributed by atoms with Gasteiger partial charge in [0.15, 0.2) is 0 Å². The number of benzene rings is 1. The van der Waals surface area contributed by atoms with Gasteiger partial charge in [0, 0.05) is 0 Å². The first-order chi connectivity index (χ1) is 8.00. The van der Waals surface area contributed by atoms with Crippen molar-refractivity contribution in [3.8, 4) is 5.75 Å². The standard InChI is InChI=1S/C14H22N2O/c1-10(2)8-11(3)9-17-13-7-5-4-6-12(13)14(15)16/h4-7,10-11H,8-9H2,1-3H3,(H3,15,16). The summed E-state index contributed by atoms with van der Waals surface area (Å²) in [4.78, 5) is 0. The normalized spacial score (nSPS) is 12.5. The lowest BCUT2D eigenvalue weighted by Crippen LogP contribution is -2.16. The number of amidine groups is 1. The Balaban J connectivity index is 2.60. The van der Waals surface area contributed by atoms with Gasteiger partial charge in [-0.2, -0.15) is 0 Å². The van der Waals surface area contributed by atoms with Crippen LogP contribution >= 0.6 is 0 Å². The van der Waals surface area contributed by atoms with Crippen LogP contribution in [0.5, 0.6) is 5.75 Å². The fourth-order valence-corrected chi connectivity index (χ4v) is 1.92. The van der Waals surface area contributed by atoms with E-state index in [1.54, 1.807) is 0 Å². The predicted molar refractivity (Wildman–Crippen MR) is 71.6 cm³/mol. The maximum absolute atomic E-state index is 7.47. The maximum Gasteiger partial charge on any atom is 0.130 e. The van der Waals surface area contributed by atoms with Crippen molar-refractivity contribution >= 4 is 5.84 Å². The third kappa shape index (κ3) is 4.47. The quantitative estimate of drug-likeness (QED) is 0.587. The number of hydrogen-bond acceptors (Lipinski definition) is 2. The van der Waals surface area contributed by atoms with E-state index in [9.17, 15) is 0 Å². The van der Waals surface area contributed by atoms with Crippen LogP contribution in [-0.2, 0) is 0 Å². The lowest BCUT2D eigenvalue weighted by Gasteiger charge is -2.16. The molecular weight excluding hydrogens is 212 g/mol. The van der Waals surface area contributed by atoms with Crippen LogP contribution in [0.25, 0.3) is 0 Å². The van der Waals surface area contributed by atoms with Gasteiger partial charge in [0.05, 0.1) is 12.2 Å². The average Bonchev–Trinajstić information content (AvgIpc) is 2.25. The van der Waals surface area contributed by atoms with Gasteiger partial charge in [-0.15, -0.1) is 0 Å². The van der Waals surface area contributed by atoms with Gasteiger partial charge in [0.1, 0.15) is 11.6 Å². The molecule has 94 valence electrons. The molecule has 1 aromatic rings. The summed E-state index contributed by atoms with van der Waals surface area (Å²) >= 11 is 0. The molecule has 3 N–H and O–H groups in total. The minimum atomic E-state index is 0.0529. The summed E-state index contributed by atoms with van der Waals surface area (Å²) in [6.07, 6.45) is 1.14. The first-order valence-electron chi connectivity index (χ1n) is 6.07. The van der Waals surface area contributed by atoms with Gasteiger partial charge in [-0.25, -0.2) is 0 Å². The number of nitrogen functional groups attached to an aromatic ring is 1. The van der Waals surface area contributed by atoms with Crippen LogP contribution in [-0.4, -0.2) is 12.4 Å². The lowest BCUT2D eigenvalue weighted by atomic mass is 10.00. The Morgan fingerprint density at radius 2 is 1.94 bits per heavy atom. The first-order valence-corrected chi connectivity index (χ1v) is 6.07. The van der Waals surface area contributed by atoms with Gasteiger partial charge < -0.3 is 10.5 Å². The molecule has 0 aliphatic heterocycles. The number of rotatable bonds is 6. The number of para-hydroxylation sites is 1. The Kier molecular flexibility index (Phi) is 5.01. The number of nitrogens with one attached hydrogen (secondary N) is 1. The van der Waals surface area contributed by atoms with Crippen LogP contribution in [0.4, 0.5) is 0 Å². The smallest absolute Gasteiger partial charge is 0.130 e.